The fourth-order valence-corrected chi connectivity index (χ4v) is 2.90. The number of sulfonamides is 1. The molecular formula is C15H28N2O3S. The van der Waals surface area contributed by atoms with Crippen LogP contribution in [-0.4, -0.2) is 32.9 Å². The van der Waals surface area contributed by atoms with Gasteiger partial charge in [0, 0.05) is 13.6 Å². The SMILES string of the molecule is CC(C)CCN(C)S(=O)(=O)c1ccc(CNCC(C)C)o1. The standard InChI is InChI=1S/C15H28N2O3S/c1-12(2)8-9-17(5)21(18,19)15-7-6-14(20-15)11-16-10-13(3)4/h6-7,12-13,16H,8-11H2,1-5H3. The van der Waals surface area contributed by atoms with Crippen molar-refractivity contribution in [3.63, 3.8) is 0 Å². The Bertz CT molecular complexity index is 521. The van der Waals surface area contributed by atoms with Crippen molar-refractivity contribution in [1.82, 2.24) is 9.62 Å². The van der Waals surface area contributed by atoms with E-state index in [0.717, 1.165) is 13.0 Å². The summed E-state index contributed by atoms with van der Waals surface area (Å²) in [5.74, 6) is 1.66. The van der Waals surface area contributed by atoms with Crippen molar-refractivity contribution in [1.29, 1.82) is 0 Å². The minimum Gasteiger partial charge on any atom is -0.447 e. The Kier molecular flexibility index (Phi) is 6.90. The van der Waals surface area contributed by atoms with Gasteiger partial charge in [0.15, 0.2) is 0 Å². The molecular weight excluding hydrogens is 288 g/mol. The van der Waals surface area contributed by atoms with Crippen LogP contribution in [0.25, 0.3) is 0 Å². The largest absolute Gasteiger partial charge is 0.447 e. The Labute approximate surface area is 128 Å². The molecule has 1 aromatic rings. The van der Waals surface area contributed by atoms with E-state index < -0.39 is 10.0 Å². The van der Waals surface area contributed by atoms with Crippen LogP contribution in [0.5, 0.6) is 0 Å². The topological polar surface area (TPSA) is 62.6 Å². The van der Waals surface area contributed by atoms with Crippen LogP contribution < -0.4 is 5.32 Å². The third kappa shape index (κ3) is 5.80. The summed E-state index contributed by atoms with van der Waals surface area (Å²) in [6.45, 7) is 10.3. The first-order chi connectivity index (χ1) is 9.73. The van der Waals surface area contributed by atoms with Gasteiger partial charge in [-0.05, 0) is 36.9 Å². The van der Waals surface area contributed by atoms with Gasteiger partial charge in [-0.2, -0.15) is 4.31 Å². The molecule has 122 valence electrons. The highest BCUT2D eigenvalue weighted by molar-refractivity contribution is 7.89. The van der Waals surface area contributed by atoms with E-state index in [1.807, 2.05) is 0 Å². The van der Waals surface area contributed by atoms with Crippen LogP contribution in [0, 0.1) is 11.8 Å². The molecule has 0 bridgehead atoms. The first-order valence-corrected chi connectivity index (χ1v) is 8.93. The van der Waals surface area contributed by atoms with Crippen LogP contribution in [0.3, 0.4) is 0 Å². The molecule has 1 aromatic heterocycles. The van der Waals surface area contributed by atoms with Gasteiger partial charge < -0.3 is 9.73 Å². The molecule has 0 saturated carbocycles. The van der Waals surface area contributed by atoms with Crippen molar-refractivity contribution in [2.75, 3.05) is 20.1 Å². The van der Waals surface area contributed by atoms with Gasteiger partial charge in [0.1, 0.15) is 5.76 Å². The second kappa shape index (κ2) is 7.96. The van der Waals surface area contributed by atoms with Crippen LogP contribution in [-0.2, 0) is 16.6 Å². The fraction of sp³-hybridized carbons (Fsp3) is 0.733. The van der Waals surface area contributed by atoms with Crippen LogP contribution in [0.4, 0.5) is 0 Å². The summed E-state index contributed by atoms with van der Waals surface area (Å²) in [4.78, 5) is 0. The summed E-state index contributed by atoms with van der Waals surface area (Å²) in [7, 11) is -1.92. The van der Waals surface area contributed by atoms with Crippen LogP contribution in [0.15, 0.2) is 21.6 Å². The zero-order chi connectivity index (χ0) is 16.0. The molecule has 0 aliphatic heterocycles. The molecule has 0 aliphatic carbocycles. The van der Waals surface area contributed by atoms with Crippen molar-refractivity contribution in [2.45, 2.75) is 45.8 Å². The average Bonchev–Trinajstić information content (AvgIpc) is 2.84. The smallest absolute Gasteiger partial charge is 0.276 e. The second-order valence-corrected chi connectivity index (χ2v) is 8.23. The van der Waals surface area contributed by atoms with Crippen LogP contribution >= 0.6 is 0 Å². The molecule has 0 unspecified atom stereocenters. The highest BCUT2D eigenvalue weighted by atomic mass is 32.2. The molecule has 0 fully saturated rings. The van der Waals surface area contributed by atoms with Crippen molar-refractivity contribution in [3.8, 4) is 0 Å². The third-order valence-corrected chi connectivity index (χ3v) is 4.91. The minimum atomic E-state index is -3.52. The normalized spacial score (nSPS) is 12.8. The van der Waals surface area contributed by atoms with Crippen molar-refractivity contribution >= 4 is 10.0 Å². The summed E-state index contributed by atoms with van der Waals surface area (Å²) in [5, 5.41) is 3.26. The number of hydrogen-bond donors (Lipinski definition) is 1. The summed E-state index contributed by atoms with van der Waals surface area (Å²) in [6, 6.07) is 3.25. The summed E-state index contributed by atoms with van der Waals surface area (Å²) < 4.78 is 31.5. The summed E-state index contributed by atoms with van der Waals surface area (Å²) in [6.07, 6.45) is 0.833. The first-order valence-electron chi connectivity index (χ1n) is 7.49. The Morgan fingerprint density at radius 1 is 1.19 bits per heavy atom. The predicted octanol–water partition coefficient (Wildman–Crippen LogP) is 2.69. The Hall–Kier alpha value is -0.850. The number of nitrogens with zero attached hydrogens (tertiary/aromatic N) is 1. The van der Waals surface area contributed by atoms with Gasteiger partial charge in [-0.25, -0.2) is 8.42 Å². The number of furan rings is 1. The van der Waals surface area contributed by atoms with E-state index in [1.54, 1.807) is 13.1 Å². The Morgan fingerprint density at radius 2 is 1.86 bits per heavy atom. The van der Waals surface area contributed by atoms with E-state index in [-0.39, 0.29) is 5.09 Å². The van der Waals surface area contributed by atoms with Crippen molar-refractivity contribution < 1.29 is 12.8 Å². The zero-order valence-electron chi connectivity index (χ0n) is 13.7. The number of nitrogens with one attached hydrogen (secondary N) is 1. The maximum Gasteiger partial charge on any atom is 0.276 e. The average molecular weight is 316 g/mol. The van der Waals surface area contributed by atoms with Crippen molar-refractivity contribution in [2.24, 2.45) is 11.8 Å². The highest BCUT2D eigenvalue weighted by Crippen LogP contribution is 2.18. The van der Waals surface area contributed by atoms with Crippen LogP contribution in [0.1, 0.15) is 39.9 Å². The van der Waals surface area contributed by atoms with E-state index >= 15 is 0 Å². The van der Waals surface area contributed by atoms with E-state index in [1.165, 1.54) is 10.4 Å². The number of rotatable bonds is 9. The lowest BCUT2D eigenvalue weighted by Crippen LogP contribution is -2.28. The second-order valence-electron chi connectivity index (χ2n) is 6.25. The quantitative estimate of drug-likeness (QED) is 0.761. The molecule has 0 aliphatic rings. The van der Waals surface area contributed by atoms with Crippen molar-refractivity contribution in [3.05, 3.63) is 17.9 Å². The molecule has 1 rings (SSSR count). The maximum absolute atomic E-state index is 12.4. The molecule has 0 saturated heterocycles. The lowest BCUT2D eigenvalue weighted by molar-refractivity contribution is 0.370. The molecule has 0 spiro atoms. The molecule has 1 heterocycles. The monoisotopic (exact) mass is 316 g/mol. The molecule has 0 atom stereocenters. The Morgan fingerprint density at radius 3 is 2.43 bits per heavy atom. The molecule has 1 N–H and O–H groups in total. The summed E-state index contributed by atoms with van der Waals surface area (Å²) in [5.41, 5.74) is 0. The molecule has 5 nitrogen and oxygen atoms in total. The summed E-state index contributed by atoms with van der Waals surface area (Å²) >= 11 is 0. The van der Waals surface area contributed by atoms with Gasteiger partial charge in [0.05, 0.1) is 6.54 Å². The fourth-order valence-electron chi connectivity index (χ4n) is 1.79. The van der Waals surface area contributed by atoms with Gasteiger partial charge in [-0.3, -0.25) is 0 Å². The lowest BCUT2D eigenvalue weighted by atomic mass is 10.1. The van der Waals surface area contributed by atoms with E-state index in [9.17, 15) is 8.42 Å². The van der Waals surface area contributed by atoms with Gasteiger partial charge in [-0.1, -0.05) is 27.7 Å². The van der Waals surface area contributed by atoms with Gasteiger partial charge in [0.25, 0.3) is 10.0 Å². The molecule has 0 aromatic carbocycles. The molecule has 21 heavy (non-hydrogen) atoms. The first kappa shape index (κ1) is 18.2. The van der Waals surface area contributed by atoms with E-state index in [0.29, 0.717) is 30.7 Å². The van der Waals surface area contributed by atoms with Gasteiger partial charge in [-0.15, -0.1) is 0 Å². The molecule has 0 radical (unpaired) electrons. The van der Waals surface area contributed by atoms with E-state index in [4.69, 9.17) is 4.42 Å². The van der Waals surface area contributed by atoms with Gasteiger partial charge in [0.2, 0.25) is 5.09 Å². The highest BCUT2D eigenvalue weighted by Gasteiger charge is 2.24. The zero-order valence-corrected chi connectivity index (χ0v) is 14.5. The third-order valence-electron chi connectivity index (χ3n) is 3.17. The van der Waals surface area contributed by atoms with Crippen LogP contribution in [0.2, 0.25) is 0 Å². The molecule has 0 amide bonds. The van der Waals surface area contributed by atoms with Gasteiger partial charge >= 0.3 is 0 Å². The molecule has 6 heteroatoms. The Balaban J connectivity index is 2.65. The predicted molar refractivity (Wildman–Crippen MR) is 84.5 cm³/mol. The maximum atomic E-state index is 12.4. The van der Waals surface area contributed by atoms with E-state index in [2.05, 4.69) is 33.0 Å². The lowest BCUT2D eigenvalue weighted by Gasteiger charge is -2.16. The number of hydrogen-bond acceptors (Lipinski definition) is 4. The minimum absolute atomic E-state index is 0.0232.